The maximum absolute atomic E-state index is 14.5. The number of aromatic nitrogens is 3. The van der Waals surface area contributed by atoms with E-state index in [0.29, 0.717) is 28.5 Å². The Labute approximate surface area is 158 Å². The van der Waals surface area contributed by atoms with Gasteiger partial charge in [0.25, 0.3) is 0 Å². The fourth-order valence-electron chi connectivity index (χ4n) is 3.25. The lowest BCUT2D eigenvalue weighted by molar-refractivity contribution is -0.107. The third kappa shape index (κ3) is 2.75. The molecule has 0 saturated carbocycles. The second-order valence-electron chi connectivity index (χ2n) is 6.06. The van der Waals surface area contributed by atoms with Crippen LogP contribution in [0.25, 0.3) is 5.69 Å². The quantitative estimate of drug-likeness (QED) is 0.646. The molecule has 1 aliphatic heterocycles. The first-order valence-electron chi connectivity index (χ1n) is 8.18. The van der Waals surface area contributed by atoms with Gasteiger partial charge < -0.3 is 4.79 Å². The first-order chi connectivity index (χ1) is 13.0. The molecule has 0 bridgehead atoms. The Kier molecular flexibility index (Phi) is 4.31. The molecule has 136 valence electrons. The summed E-state index contributed by atoms with van der Waals surface area (Å²) in [7, 11) is 0. The minimum absolute atomic E-state index is 0.0766. The summed E-state index contributed by atoms with van der Waals surface area (Å²) in [5.74, 6) is -0.368. The van der Waals surface area contributed by atoms with Crippen molar-refractivity contribution >= 4 is 23.6 Å². The summed E-state index contributed by atoms with van der Waals surface area (Å²) >= 11 is 6.57. The molecule has 5 nitrogen and oxygen atoms in total. The van der Waals surface area contributed by atoms with E-state index in [-0.39, 0.29) is 29.3 Å². The minimum Gasteiger partial charge on any atom is -0.303 e. The van der Waals surface area contributed by atoms with Crippen molar-refractivity contribution in [3.05, 3.63) is 75.3 Å². The summed E-state index contributed by atoms with van der Waals surface area (Å²) in [6.07, 6.45) is 0.799. The Hall–Kier alpha value is -2.93. The van der Waals surface area contributed by atoms with Gasteiger partial charge in [0, 0.05) is 12.0 Å². The Morgan fingerprint density at radius 2 is 1.89 bits per heavy atom. The van der Waals surface area contributed by atoms with Gasteiger partial charge in [-0.3, -0.25) is 9.56 Å². The van der Waals surface area contributed by atoms with E-state index in [2.05, 4.69) is 15.2 Å². The third-order valence-corrected chi connectivity index (χ3v) is 4.88. The zero-order chi connectivity index (χ0) is 19.1. The number of fused-ring (bicyclic) bond motifs is 3. The van der Waals surface area contributed by atoms with Gasteiger partial charge in [-0.15, -0.1) is 10.2 Å². The lowest BCUT2D eigenvalue weighted by atomic mass is 9.96. The fraction of sp³-hybridized carbons (Fsp3) is 0.158. The highest BCUT2D eigenvalue weighted by Gasteiger charge is 2.28. The Balaban J connectivity index is 2.08. The second-order valence-corrected chi connectivity index (χ2v) is 6.44. The third-order valence-electron chi connectivity index (χ3n) is 4.45. The van der Waals surface area contributed by atoms with Crippen LogP contribution in [0.2, 0.25) is 5.02 Å². The summed E-state index contributed by atoms with van der Waals surface area (Å²) in [5, 5.41) is 8.38. The number of aliphatic imine (C=N–C) groups is 1. The van der Waals surface area contributed by atoms with Gasteiger partial charge in [0.2, 0.25) is 0 Å². The molecule has 0 radical (unpaired) electrons. The van der Waals surface area contributed by atoms with Crippen molar-refractivity contribution in [3.8, 4) is 5.69 Å². The second kappa shape index (κ2) is 6.66. The summed E-state index contributed by atoms with van der Waals surface area (Å²) in [6, 6.07) is 7.06. The standard InChI is InChI=1S/C19H13ClF2N4O/c1-10-24-25-15-9-23-19(16-12(21)3-2-4-13(16)22)17-14(26(10)15)6-5-11(7-8-27)18(17)20/h2-6,8H,7,9H2,1H3. The van der Waals surface area contributed by atoms with E-state index in [1.165, 1.54) is 18.2 Å². The van der Waals surface area contributed by atoms with Crippen LogP contribution in [0.3, 0.4) is 0 Å². The number of halogens is 3. The minimum atomic E-state index is -0.744. The lowest BCUT2D eigenvalue weighted by Crippen LogP contribution is -2.13. The smallest absolute Gasteiger partial charge is 0.159 e. The average molecular weight is 387 g/mol. The van der Waals surface area contributed by atoms with Crippen LogP contribution in [-0.2, 0) is 17.8 Å². The van der Waals surface area contributed by atoms with Crippen LogP contribution < -0.4 is 0 Å². The molecule has 0 unspecified atom stereocenters. The lowest BCUT2D eigenvalue weighted by Gasteiger charge is -2.17. The molecule has 8 heteroatoms. The van der Waals surface area contributed by atoms with E-state index < -0.39 is 11.6 Å². The van der Waals surface area contributed by atoms with E-state index in [1.54, 1.807) is 23.6 Å². The normalized spacial score (nSPS) is 12.8. The molecule has 0 fully saturated rings. The number of hydrogen-bond donors (Lipinski definition) is 0. The van der Waals surface area contributed by atoms with Gasteiger partial charge in [-0.1, -0.05) is 23.7 Å². The van der Waals surface area contributed by atoms with Crippen LogP contribution in [0, 0.1) is 18.6 Å². The van der Waals surface area contributed by atoms with Crippen molar-refractivity contribution in [3.63, 3.8) is 0 Å². The number of carbonyl (C=O) groups is 1. The maximum Gasteiger partial charge on any atom is 0.159 e. The molecule has 1 aromatic heterocycles. The highest BCUT2D eigenvalue weighted by atomic mass is 35.5. The molecule has 1 aliphatic rings. The molecule has 0 saturated heterocycles. The zero-order valence-corrected chi connectivity index (χ0v) is 15.0. The van der Waals surface area contributed by atoms with Crippen molar-refractivity contribution in [2.45, 2.75) is 19.9 Å². The van der Waals surface area contributed by atoms with E-state index in [9.17, 15) is 13.6 Å². The van der Waals surface area contributed by atoms with Gasteiger partial charge in [0.15, 0.2) is 5.82 Å². The van der Waals surface area contributed by atoms with Crippen molar-refractivity contribution in [2.75, 3.05) is 0 Å². The molecular weight excluding hydrogens is 374 g/mol. The van der Waals surface area contributed by atoms with Crippen LogP contribution in [0.5, 0.6) is 0 Å². The number of rotatable bonds is 3. The van der Waals surface area contributed by atoms with Gasteiger partial charge in [-0.2, -0.15) is 0 Å². The maximum atomic E-state index is 14.5. The van der Waals surface area contributed by atoms with Crippen LogP contribution in [0.15, 0.2) is 35.3 Å². The summed E-state index contributed by atoms with van der Waals surface area (Å²) < 4.78 is 30.8. The zero-order valence-electron chi connectivity index (χ0n) is 14.2. The van der Waals surface area contributed by atoms with Crippen LogP contribution in [0.1, 0.15) is 28.3 Å². The SMILES string of the molecule is Cc1nnc2n1-c1ccc(CC=O)c(Cl)c1C(c1c(F)cccc1F)=NC2. The van der Waals surface area contributed by atoms with E-state index in [0.717, 1.165) is 6.29 Å². The summed E-state index contributed by atoms with van der Waals surface area (Å²) in [5.41, 5.74) is 1.28. The van der Waals surface area contributed by atoms with E-state index in [4.69, 9.17) is 11.6 Å². The van der Waals surface area contributed by atoms with Crippen LogP contribution in [0.4, 0.5) is 8.78 Å². The number of hydrogen-bond acceptors (Lipinski definition) is 4. The van der Waals surface area contributed by atoms with Gasteiger partial charge in [-0.05, 0) is 30.7 Å². The number of aryl methyl sites for hydroxylation is 1. The van der Waals surface area contributed by atoms with Gasteiger partial charge in [-0.25, -0.2) is 8.78 Å². The van der Waals surface area contributed by atoms with Gasteiger partial charge in [0.05, 0.1) is 22.0 Å². The predicted octanol–water partition coefficient (Wildman–Crippen LogP) is 3.60. The van der Waals surface area contributed by atoms with E-state index >= 15 is 0 Å². The van der Waals surface area contributed by atoms with Crippen LogP contribution >= 0.6 is 11.6 Å². The topological polar surface area (TPSA) is 60.1 Å². The molecule has 0 aliphatic carbocycles. The van der Waals surface area contributed by atoms with Crippen LogP contribution in [-0.4, -0.2) is 26.8 Å². The predicted molar refractivity (Wildman–Crippen MR) is 96.6 cm³/mol. The fourth-order valence-corrected chi connectivity index (χ4v) is 3.57. The van der Waals surface area contributed by atoms with E-state index in [1.807, 2.05) is 0 Å². The molecule has 3 aromatic rings. The average Bonchev–Trinajstić information content (AvgIpc) is 2.91. The Bertz CT molecular complexity index is 1090. The van der Waals surface area contributed by atoms with Crippen molar-refractivity contribution in [1.82, 2.24) is 14.8 Å². The van der Waals surface area contributed by atoms with Crippen molar-refractivity contribution in [1.29, 1.82) is 0 Å². The number of carbonyl (C=O) groups excluding carboxylic acids is 1. The molecular formula is C19H13ClF2N4O. The number of nitrogens with zero attached hydrogens (tertiary/aromatic N) is 4. The molecule has 0 atom stereocenters. The molecule has 2 heterocycles. The Morgan fingerprint density at radius 1 is 1.15 bits per heavy atom. The summed E-state index contributed by atoms with van der Waals surface area (Å²) in [4.78, 5) is 15.4. The summed E-state index contributed by atoms with van der Waals surface area (Å²) in [6.45, 7) is 1.85. The Morgan fingerprint density at radius 3 is 2.59 bits per heavy atom. The monoisotopic (exact) mass is 386 g/mol. The van der Waals surface area contributed by atoms with Gasteiger partial charge >= 0.3 is 0 Å². The van der Waals surface area contributed by atoms with Gasteiger partial charge in [0.1, 0.15) is 30.3 Å². The largest absolute Gasteiger partial charge is 0.303 e. The molecule has 2 aromatic carbocycles. The molecule has 0 N–H and O–H groups in total. The first kappa shape index (κ1) is 17.5. The van der Waals surface area contributed by atoms with Crippen molar-refractivity contribution in [2.24, 2.45) is 4.99 Å². The van der Waals surface area contributed by atoms with Crippen molar-refractivity contribution < 1.29 is 13.6 Å². The molecule has 4 rings (SSSR count). The number of aldehydes is 1. The highest BCUT2D eigenvalue weighted by Crippen LogP contribution is 2.34. The molecule has 0 spiro atoms. The molecule has 0 amide bonds. The number of benzene rings is 2. The molecule has 27 heavy (non-hydrogen) atoms. The highest BCUT2D eigenvalue weighted by molar-refractivity contribution is 6.37. The first-order valence-corrected chi connectivity index (χ1v) is 8.56.